The van der Waals surface area contributed by atoms with Crippen LogP contribution in [-0.2, 0) is 0 Å². The van der Waals surface area contributed by atoms with Crippen molar-refractivity contribution in [1.82, 2.24) is 0 Å². The standard InChI is InChI=1S/C12H8O2S/c1-7-6-10-12(14-7)11(13)8-4-2-3-5-9(8)15-10/h2-6H,1H3. The molecular weight excluding hydrogens is 208 g/mol. The van der Waals surface area contributed by atoms with Crippen LogP contribution in [0.2, 0.25) is 0 Å². The number of fused-ring (bicyclic) bond motifs is 2. The van der Waals surface area contributed by atoms with E-state index in [1.54, 1.807) is 11.3 Å². The van der Waals surface area contributed by atoms with Gasteiger partial charge in [-0.3, -0.25) is 4.79 Å². The van der Waals surface area contributed by atoms with E-state index in [4.69, 9.17) is 4.42 Å². The summed E-state index contributed by atoms with van der Waals surface area (Å²) in [6.45, 7) is 1.86. The summed E-state index contributed by atoms with van der Waals surface area (Å²) >= 11 is 1.59. The molecule has 0 aliphatic rings. The number of hydrogen-bond donors (Lipinski definition) is 0. The van der Waals surface area contributed by atoms with Gasteiger partial charge in [0, 0.05) is 10.1 Å². The lowest BCUT2D eigenvalue weighted by Gasteiger charge is -1.94. The van der Waals surface area contributed by atoms with Gasteiger partial charge < -0.3 is 4.42 Å². The maximum atomic E-state index is 12.0. The van der Waals surface area contributed by atoms with E-state index >= 15 is 0 Å². The van der Waals surface area contributed by atoms with Crippen LogP contribution in [0, 0.1) is 6.92 Å². The lowest BCUT2D eigenvalue weighted by Crippen LogP contribution is -1.98. The van der Waals surface area contributed by atoms with Gasteiger partial charge in [-0.2, -0.15) is 0 Å². The molecule has 2 aromatic heterocycles. The Balaban J connectivity index is 2.65. The fourth-order valence-electron chi connectivity index (χ4n) is 1.71. The quantitative estimate of drug-likeness (QED) is 0.577. The predicted octanol–water partition coefficient (Wildman–Crippen LogP) is 3.32. The maximum Gasteiger partial charge on any atom is 0.231 e. The Hall–Kier alpha value is -1.61. The van der Waals surface area contributed by atoms with E-state index in [2.05, 4.69) is 0 Å². The van der Waals surface area contributed by atoms with E-state index in [1.165, 1.54) is 0 Å². The molecule has 0 saturated carbocycles. The third-order valence-electron chi connectivity index (χ3n) is 2.38. The molecule has 0 bridgehead atoms. The normalized spacial score (nSPS) is 11.3. The van der Waals surface area contributed by atoms with Crippen LogP contribution in [0.15, 0.2) is 39.5 Å². The smallest absolute Gasteiger partial charge is 0.231 e. The van der Waals surface area contributed by atoms with Crippen LogP contribution >= 0.6 is 11.3 Å². The van der Waals surface area contributed by atoms with E-state index in [9.17, 15) is 4.79 Å². The molecule has 0 amide bonds. The van der Waals surface area contributed by atoms with Crippen LogP contribution in [0.25, 0.3) is 20.4 Å². The molecule has 0 aliphatic carbocycles. The molecule has 3 rings (SSSR count). The molecule has 3 heteroatoms. The summed E-state index contributed by atoms with van der Waals surface area (Å²) in [7, 11) is 0. The van der Waals surface area contributed by atoms with Crippen LogP contribution in [0.3, 0.4) is 0 Å². The highest BCUT2D eigenvalue weighted by Crippen LogP contribution is 2.26. The summed E-state index contributed by atoms with van der Waals surface area (Å²) < 4.78 is 7.34. The predicted molar refractivity (Wildman–Crippen MR) is 62.6 cm³/mol. The van der Waals surface area contributed by atoms with Gasteiger partial charge in [0.15, 0.2) is 5.58 Å². The molecule has 0 N–H and O–H groups in total. The van der Waals surface area contributed by atoms with Gasteiger partial charge in [-0.25, -0.2) is 0 Å². The molecule has 15 heavy (non-hydrogen) atoms. The Morgan fingerprint density at radius 3 is 2.87 bits per heavy atom. The fourth-order valence-corrected chi connectivity index (χ4v) is 2.82. The fraction of sp³-hybridized carbons (Fsp3) is 0.0833. The van der Waals surface area contributed by atoms with Crippen molar-refractivity contribution in [2.45, 2.75) is 6.92 Å². The van der Waals surface area contributed by atoms with Crippen molar-refractivity contribution in [3.63, 3.8) is 0 Å². The van der Waals surface area contributed by atoms with Crippen LogP contribution in [0.1, 0.15) is 5.76 Å². The molecular formula is C12H8O2S. The number of hydrogen-bond acceptors (Lipinski definition) is 3. The van der Waals surface area contributed by atoms with Gasteiger partial charge in [0.25, 0.3) is 0 Å². The molecule has 1 aromatic carbocycles. The second-order valence-electron chi connectivity index (χ2n) is 3.48. The minimum Gasteiger partial charge on any atom is -0.456 e. The average molecular weight is 216 g/mol. The molecule has 0 fully saturated rings. The maximum absolute atomic E-state index is 12.0. The monoisotopic (exact) mass is 216 g/mol. The van der Waals surface area contributed by atoms with Gasteiger partial charge in [-0.05, 0) is 25.1 Å². The van der Waals surface area contributed by atoms with E-state index in [0.29, 0.717) is 5.58 Å². The van der Waals surface area contributed by atoms with Crippen LogP contribution in [0.4, 0.5) is 0 Å². The SMILES string of the molecule is Cc1cc2sc3ccccc3c(=O)c2o1. The van der Waals surface area contributed by atoms with E-state index in [1.807, 2.05) is 37.3 Å². The van der Waals surface area contributed by atoms with Gasteiger partial charge in [-0.1, -0.05) is 12.1 Å². The van der Waals surface area contributed by atoms with Gasteiger partial charge in [0.1, 0.15) is 5.76 Å². The summed E-state index contributed by atoms with van der Waals surface area (Å²) in [5.74, 6) is 0.786. The lowest BCUT2D eigenvalue weighted by atomic mass is 10.2. The van der Waals surface area contributed by atoms with Gasteiger partial charge >= 0.3 is 0 Å². The van der Waals surface area contributed by atoms with Crippen molar-refractivity contribution in [2.75, 3.05) is 0 Å². The Morgan fingerprint density at radius 2 is 2.00 bits per heavy atom. The number of rotatable bonds is 0. The highest BCUT2D eigenvalue weighted by Gasteiger charge is 2.09. The zero-order chi connectivity index (χ0) is 10.4. The Morgan fingerprint density at radius 1 is 1.20 bits per heavy atom. The molecule has 0 aliphatic heterocycles. The summed E-state index contributed by atoms with van der Waals surface area (Å²) in [5, 5.41) is 0.740. The summed E-state index contributed by atoms with van der Waals surface area (Å²) in [6.07, 6.45) is 0. The molecule has 2 nitrogen and oxygen atoms in total. The number of aryl methyl sites for hydroxylation is 1. The molecule has 0 saturated heterocycles. The van der Waals surface area contributed by atoms with E-state index < -0.39 is 0 Å². The molecule has 74 valence electrons. The Kier molecular flexibility index (Phi) is 1.70. The van der Waals surface area contributed by atoms with E-state index in [0.717, 1.165) is 20.5 Å². The Bertz CT molecular complexity index is 706. The van der Waals surface area contributed by atoms with Crippen molar-refractivity contribution in [3.05, 3.63) is 46.3 Å². The van der Waals surface area contributed by atoms with Crippen LogP contribution in [-0.4, -0.2) is 0 Å². The van der Waals surface area contributed by atoms with Gasteiger partial charge in [-0.15, -0.1) is 11.3 Å². The molecule has 0 atom stereocenters. The highest BCUT2D eigenvalue weighted by atomic mass is 32.1. The molecule has 0 spiro atoms. The lowest BCUT2D eigenvalue weighted by molar-refractivity contribution is 0.577. The van der Waals surface area contributed by atoms with Crippen molar-refractivity contribution in [1.29, 1.82) is 0 Å². The Labute approximate surface area is 89.8 Å². The average Bonchev–Trinajstić information content (AvgIpc) is 2.59. The highest BCUT2D eigenvalue weighted by molar-refractivity contribution is 7.24. The van der Waals surface area contributed by atoms with Crippen molar-refractivity contribution < 1.29 is 4.42 Å². The van der Waals surface area contributed by atoms with Crippen LogP contribution < -0.4 is 5.43 Å². The summed E-state index contributed by atoms with van der Waals surface area (Å²) in [5.41, 5.74) is 0.476. The molecule has 3 aromatic rings. The largest absolute Gasteiger partial charge is 0.456 e. The first-order chi connectivity index (χ1) is 7.25. The first-order valence-electron chi connectivity index (χ1n) is 4.68. The topological polar surface area (TPSA) is 30.2 Å². The first-order valence-corrected chi connectivity index (χ1v) is 5.49. The molecule has 0 radical (unpaired) electrons. The first kappa shape index (κ1) is 8.68. The molecule has 2 heterocycles. The zero-order valence-corrected chi connectivity index (χ0v) is 8.93. The number of benzene rings is 1. The summed E-state index contributed by atoms with van der Waals surface area (Å²) in [4.78, 5) is 12.0. The van der Waals surface area contributed by atoms with Crippen LogP contribution in [0.5, 0.6) is 0 Å². The third-order valence-corrected chi connectivity index (χ3v) is 3.48. The summed E-state index contributed by atoms with van der Waals surface area (Å²) in [6, 6.07) is 9.53. The van der Waals surface area contributed by atoms with Crippen molar-refractivity contribution >= 4 is 31.7 Å². The minimum absolute atomic E-state index is 0.00699. The van der Waals surface area contributed by atoms with Crippen molar-refractivity contribution in [2.24, 2.45) is 0 Å². The van der Waals surface area contributed by atoms with E-state index in [-0.39, 0.29) is 5.43 Å². The second-order valence-corrected chi connectivity index (χ2v) is 4.56. The second kappa shape index (κ2) is 2.94. The number of furan rings is 1. The van der Waals surface area contributed by atoms with Gasteiger partial charge in [0.05, 0.1) is 4.70 Å². The third kappa shape index (κ3) is 1.20. The van der Waals surface area contributed by atoms with Gasteiger partial charge in [0.2, 0.25) is 5.43 Å². The molecule has 0 unspecified atom stereocenters. The van der Waals surface area contributed by atoms with Crippen molar-refractivity contribution in [3.8, 4) is 0 Å². The minimum atomic E-state index is -0.00699. The zero-order valence-electron chi connectivity index (χ0n) is 8.11.